The molecular weight excluding hydrogens is 336 g/mol. The first-order chi connectivity index (χ1) is 12.9. The molecule has 0 aliphatic carbocycles. The summed E-state index contributed by atoms with van der Waals surface area (Å²) in [5, 5.41) is 0. The number of allylic oxidation sites excluding steroid dienone is 3. The lowest BCUT2D eigenvalue weighted by Gasteiger charge is -2.48. The molecule has 1 aliphatic heterocycles. The average molecular weight is 379 g/mol. The highest BCUT2D eigenvalue weighted by atomic mass is 16.5. The van der Waals surface area contributed by atoms with E-state index in [-0.39, 0.29) is 0 Å². The average Bonchev–Trinajstić information content (AvgIpc) is 2.71. The van der Waals surface area contributed by atoms with E-state index in [1.807, 2.05) is 13.3 Å². The van der Waals surface area contributed by atoms with E-state index >= 15 is 0 Å². The molecule has 1 aliphatic rings. The van der Waals surface area contributed by atoms with Crippen LogP contribution in [0.1, 0.15) is 60.8 Å². The van der Waals surface area contributed by atoms with Gasteiger partial charge in [-0.25, -0.2) is 0 Å². The van der Waals surface area contributed by atoms with Gasteiger partial charge in [0.1, 0.15) is 5.72 Å². The summed E-state index contributed by atoms with van der Waals surface area (Å²) in [5.74, 6) is 0.319. The molecule has 0 saturated carbocycles. The summed E-state index contributed by atoms with van der Waals surface area (Å²) in [6.07, 6.45) is 9.51. The third-order valence-electron chi connectivity index (χ3n) is 6.10. The minimum absolute atomic E-state index is 0.291. The molecule has 3 atom stereocenters. The van der Waals surface area contributed by atoms with E-state index < -0.39 is 5.72 Å². The van der Waals surface area contributed by atoms with E-state index in [2.05, 4.69) is 70.1 Å². The number of hydrogen-bond donors (Lipinski definition) is 0. The first kappa shape index (κ1) is 23.9. The van der Waals surface area contributed by atoms with Crippen LogP contribution in [-0.4, -0.2) is 55.0 Å². The topological polar surface area (TPSA) is 24.9 Å². The number of nitrogens with zero attached hydrogens (tertiary/aromatic N) is 2. The molecule has 1 saturated heterocycles. The molecule has 0 aromatic rings. The van der Waals surface area contributed by atoms with Gasteiger partial charge in [0.2, 0.25) is 0 Å². The molecule has 0 aromatic heterocycles. The minimum atomic E-state index is -0.452. The maximum Gasteiger partial charge on any atom is 0.144 e. The Morgan fingerprint density at radius 3 is 2.37 bits per heavy atom. The maximum absolute atomic E-state index is 6.14. The van der Waals surface area contributed by atoms with Crippen LogP contribution < -0.4 is 0 Å². The van der Waals surface area contributed by atoms with Crippen LogP contribution in [0.4, 0.5) is 0 Å². The zero-order valence-electron chi connectivity index (χ0n) is 18.8. The molecule has 0 bridgehead atoms. The molecule has 0 radical (unpaired) electrons. The van der Waals surface area contributed by atoms with Crippen LogP contribution in [0.3, 0.4) is 0 Å². The molecule has 2 unspecified atom stereocenters. The van der Waals surface area contributed by atoms with Crippen molar-refractivity contribution in [1.29, 1.82) is 0 Å². The summed E-state index contributed by atoms with van der Waals surface area (Å²) in [4.78, 5) is 4.79. The summed E-state index contributed by atoms with van der Waals surface area (Å²) in [7, 11) is 1.81. The van der Waals surface area contributed by atoms with Crippen LogP contribution in [-0.2, 0) is 9.47 Å². The predicted molar refractivity (Wildman–Crippen MR) is 116 cm³/mol. The molecule has 156 valence electrons. The zero-order valence-corrected chi connectivity index (χ0v) is 18.8. The van der Waals surface area contributed by atoms with Crippen molar-refractivity contribution in [1.82, 2.24) is 9.80 Å². The lowest BCUT2D eigenvalue weighted by atomic mass is 9.91. The van der Waals surface area contributed by atoms with E-state index in [0.717, 1.165) is 45.6 Å². The number of morpholine rings is 1. The lowest BCUT2D eigenvalue weighted by molar-refractivity contribution is -0.127. The van der Waals surface area contributed by atoms with Gasteiger partial charge < -0.3 is 14.4 Å². The first-order valence-electron chi connectivity index (χ1n) is 10.5. The molecule has 1 heterocycles. The fraction of sp³-hybridized carbons (Fsp3) is 0.739. The molecule has 1 fully saturated rings. The molecule has 1 rings (SSSR count). The first-order valence-corrected chi connectivity index (χ1v) is 10.5. The van der Waals surface area contributed by atoms with Crippen molar-refractivity contribution < 1.29 is 9.47 Å². The second-order valence-electron chi connectivity index (χ2n) is 7.67. The minimum Gasteiger partial charge on any atom is -0.379 e. The Morgan fingerprint density at radius 2 is 1.89 bits per heavy atom. The van der Waals surface area contributed by atoms with Crippen LogP contribution in [0.2, 0.25) is 0 Å². The van der Waals surface area contributed by atoms with Gasteiger partial charge in [-0.05, 0) is 46.2 Å². The Balaban J connectivity index is 3.25. The highest BCUT2D eigenvalue weighted by Crippen LogP contribution is 2.36. The number of hydrogen-bond acceptors (Lipinski definition) is 4. The summed E-state index contributed by atoms with van der Waals surface area (Å²) in [6, 6.07) is 0.291. The molecule has 0 amide bonds. The van der Waals surface area contributed by atoms with E-state index in [0.29, 0.717) is 12.0 Å². The fourth-order valence-corrected chi connectivity index (χ4v) is 3.82. The smallest absolute Gasteiger partial charge is 0.144 e. The van der Waals surface area contributed by atoms with Crippen molar-refractivity contribution in [2.24, 2.45) is 5.92 Å². The highest BCUT2D eigenvalue weighted by Gasteiger charge is 2.39. The molecule has 4 nitrogen and oxygen atoms in total. The Bertz CT molecular complexity index is 509. The number of methoxy groups -OCH3 is 1. The standard InChI is InChI=1S/C23H42N2O2/c1-9-12-13-14-20(5)23(7,26-8)25(11-3)22(19(4)10-2)21(6)24-15-17-27-18-16-24/h11-13,20-21H,3,9-10,14-18H2,1-2,4-8H3/b13-12-,22-19-/t20-,21?,23?/m0/s1. The van der Waals surface area contributed by atoms with E-state index in [1.54, 1.807) is 0 Å². The molecule has 4 heteroatoms. The van der Waals surface area contributed by atoms with Gasteiger partial charge in [0, 0.05) is 37.9 Å². The predicted octanol–water partition coefficient (Wildman–Crippen LogP) is 5.19. The second kappa shape index (κ2) is 11.7. The second-order valence-corrected chi connectivity index (χ2v) is 7.67. The van der Waals surface area contributed by atoms with Crippen molar-refractivity contribution >= 4 is 0 Å². The van der Waals surface area contributed by atoms with Gasteiger partial charge >= 0.3 is 0 Å². The zero-order chi connectivity index (χ0) is 20.4. The SMILES string of the molecule is C=CN(/C(=C(/C)CC)C(C)N1CCOCC1)C(C)(OC)[C@@H](C)C/C=C\CC. The summed E-state index contributed by atoms with van der Waals surface area (Å²) < 4.78 is 11.7. The van der Waals surface area contributed by atoms with Crippen molar-refractivity contribution in [2.75, 3.05) is 33.4 Å². The van der Waals surface area contributed by atoms with E-state index in [1.165, 1.54) is 11.3 Å². The quantitative estimate of drug-likeness (QED) is 0.365. The highest BCUT2D eigenvalue weighted by molar-refractivity contribution is 5.21. The molecule has 27 heavy (non-hydrogen) atoms. The number of rotatable bonds is 11. The van der Waals surface area contributed by atoms with E-state index in [9.17, 15) is 0 Å². The third-order valence-corrected chi connectivity index (χ3v) is 6.10. The normalized spacial score (nSPS) is 21.4. The van der Waals surface area contributed by atoms with Gasteiger partial charge in [0.05, 0.1) is 13.2 Å². The van der Waals surface area contributed by atoms with Crippen LogP contribution >= 0.6 is 0 Å². The van der Waals surface area contributed by atoms with Gasteiger partial charge in [-0.3, -0.25) is 4.90 Å². The largest absolute Gasteiger partial charge is 0.379 e. The third kappa shape index (κ3) is 5.94. The number of ether oxygens (including phenoxy) is 2. The van der Waals surface area contributed by atoms with Crippen LogP contribution in [0.5, 0.6) is 0 Å². The van der Waals surface area contributed by atoms with Gasteiger partial charge in [0.15, 0.2) is 0 Å². The Hall–Kier alpha value is -1.10. The molecular formula is C23H42N2O2. The molecule has 0 aromatic carbocycles. The lowest BCUT2D eigenvalue weighted by Crippen LogP contribution is -2.54. The van der Waals surface area contributed by atoms with E-state index in [4.69, 9.17) is 9.47 Å². The van der Waals surface area contributed by atoms with Gasteiger partial charge in [-0.2, -0.15) is 0 Å². The Morgan fingerprint density at radius 1 is 1.26 bits per heavy atom. The maximum atomic E-state index is 6.14. The Labute approximate surface area is 167 Å². The summed E-state index contributed by atoms with van der Waals surface area (Å²) in [5.41, 5.74) is 2.24. The van der Waals surface area contributed by atoms with Gasteiger partial charge in [-0.1, -0.05) is 45.1 Å². The molecule has 0 spiro atoms. The van der Waals surface area contributed by atoms with Crippen molar-refractivity contribution in [2.45, 2.75) is 72.6 Å². The van der Waals surface area contributed by atoms with Crippen LogP contribution in [0.15, 0.2) is 36.2 Å². The van der Waals surface area contributed by atoms with Crippen molar-refractivity contribution in [3.8, 4) is 0 Å². The van der Waals surface area contributed by atoms with Crippen LogP contribution in [0.25, 0.3) is 0 Å². The monoisotopic (exact) mass is 378 g/mol. The van der Waals surface area contributed by atoms with Gasteiger partial charge in [-0.15, -0.1) is 0 Å². The van der Waals surface area contributed by atoms with Crippen molar-refractivity contribution in [3.05, 3.63) is 36.2 Å². The van der Waals surface area contributed by atoms with Crippen LogP contribution in [0, 0.1) is 5.92 Å². The summed E-state index contributed by atoms with van der Waals surface area (Å²) >= 11 is 0. The van der Waals surface area contributed by atoms with Gasteiger partial charge in [0.25, 0.3) is 0 Å². The Kier molecular flexibility index (Phi) is 10.4. The summed E-state index contributed by atoms with van der Waals surface area (Å²) in [6.45, 7) is 21.1. The van der Waals surface area contributed by atoms with Crippen molar-refractivity contribution in [3.63, 3.8) is 0 Å². The molecule has 0 N–H and O–H groups in total. The fourth-order valence-electron chi connectivity index (χ4n) is 3.82.